The standard InChI is InChI=1S/C15H19NO2Si/c1-12(13-9-10-17-11-13)16-14-7-5-6-8-15(14)18-19(2,3)4/h5-11H,1-4H3. The van der Waals surface area contributed by atoms with Crippen molar-refractivity contribution >= 4 is 19.7 Å². The molecular formula is C15H19NO2Si. The van der Waals surface area contributed by atoms with Crippen LogP contribution in [0.15, 0.2) is 52.3 Å². The number of aliphatic imine (C=N–C) groups is 1. The first-order chi connectivity index (χ1) is 8.96. The van der Waals surface area contributed by atoms with Crippen LogP contribution in [0.25, 0.3) is 0 Å². The highest BCUT2D eigenvalue weighted by Gasteiger charge is 2.18. The van der Waals surface area contributed by atoms with Gasteiger partial charge in [-0.05, 0) is 44.8 Å². The molecule has 0 saturated heterocycles. The van der Waals surface area contributed by atoms with Gasteiger partial charge in [0, 0.05) is 11.3 Å². The van der Waals surface area contributed by atoms with E-state index in [0.29, 0.717) is 0 Å². The molecule has 2 aromatic rings. The zero-order valence-electron chi connectivity index (χ0n) is 11.8. The minimum absolute atomic E-state index is 0.851. The predicted molar refractivity (Wildman–Crippen MR) is 81.0 cm³/mol. The molecule has 0 radical (unpaired) electrons. The summed E-state index contributed by atoms with van der Waals surface area (Å²) in [4.78, 5) is 4.64. The normalized spacial score (nSPS) is 12.5. The molecule has 0 aliphatic carbocycles. The summed E-state index contributed by atoms with van der Waals surface area (Å²) in [7, 11) is -1.63. The Morgan fingerprint density at radius 2 is 1.89 bits per heavy atom. The van der Waals surface area contributed by atoms with Gasteiger partial charge in [0.2, 0.25) is 8.32 Å². The Morgan fingerprint density at radius 3 is 2.53 bits per heavy atom. The predicted octanol–water partition coefficient (Wildman–Crippen LogP) is 4.63. The van der Waals surface area contributed by atoms with E-state index in [1.807, 2.05) is 37.3 Å². The van der Waals surface area contributed by atoms with Crippen LogP contribution in [0.4, 0.5) is 5.69 Å². The Kier molecular flexibility index (Phi) is 3.90. The molecule has 0 bridgehead atoms. The van der Waals surface area contributed by atoms with E-state index in [2.05, 4.69) is 24.6 Å². The van der Waals surface area contributed by atoms with Crippen LogP contribution in [0, 0.1) is 0 Å². The molecule has 3 nitrogen and oxygen atoms in total. The minimum atomic E-state index is -1.63. The second-order valence-corrected chi connectivity index (χ2v) is 9.82. The third-order valence-electron chi connectivity index (χ3n) is 2.51. The van der Waals surface area contributed by atoms with Gasteiger partial charge in [0.1, 0.15) is 11.4 Å². The van der Waals surface area contributed by atoms with Gasteiger partial charge in [0.15, 0.2) is 0 Å². The van der Waals surface area contributed by atoms with Crippen LogP contribution in [0.3, 0.4) is 0 Å². The molecule has 0 aliphatic heterocycles. The van der Waals surface area contributed by atoms with Crippen molar-refractivity contribution in [1.82, 2.24) is 0 Å². The molecule has 1 aromatic carbocycles. The van der Waals surface area contributed by atoms with E-state index >= 15 is 0 Å². The second kappa shape index (κ2) is 5.44. The first-order valence-corrected chi connectivity index (χ1v) is 9.72. The van der Waals surface area contributed by atoms with Crippen molar-refractivity contribution in [3.8, 4) is 5.75 Å². The third-order valence-corrected chi connectivity index (χ3v) is 3.34. The van der Waals surface area contributed by atoms with E-state index in [4.69, 9.17) is 8.84 Å². The van der Waals surface area contributed by atoms with Gasteiger partial charge < -0.3 is 8.84 Å². The topological polar surface area (TPSA) is 34.7 Å². The Morgan fingerprint density at radius 1 is 1.16 bits per heavy atom. The van der Waals surface area contributed by atoms with Crippen LogP contribution in [0.1, 0.15) is 12.5 Å². The number of hydrogen-bond acceptors (Lipinski definition) is 3. The van der Waals surface area contributed by atoms with Crippen molar-refractivity contribution in [1.29, 1.82) is 0 Å². The molecule has 0 saturated carbocycles. The summed E-state index contributed by atoms with van der Waals surface area (Å²) in [6.07, 6.45) is 3.35. The zero-order chi connectivity index (χ0) is 13.9. The van der Waals surface area contributed by atoms with Gasteiger partial charge in [-0.2, -0.15) is 0 Å². The molecule has 0 amide bonds. The molecule has 1 aromatic heterocycles. The molecule has 0 fully saturated rings. The van der Waals surface area contributed by atoms with Crippen LogP contribution in [-0.2, 0) is 0 Å². The molecule has 1 heterocycles. The molecule has 2 rings (SSSR count). The smallest absolute Gasteiger partial charge is 0.242 e. The molecule has 100 valence electrons. The largest absolute Gasteiger partial charge is 0.543 e. The van der Waals surface area contributed by atoms with Gasteiger partial charge in [-0.25, -0.2) is 4.99 Å². The quantitative estimate of drug-likeness (QED) is 0.601. The maximum absolute atomic E-state index is 6.06. The Labute approximate surface area is 115 Å². The molecule has 0 N–H and O–H groups in total. The summed E-state index contributed by atoms with van der Waals surface area (Å²) in [6.45, 7) is 8.46. The summed E-state index contributed by atoms with van der Waals surface area (Å²) in [5, 5.41) is 0. The fourth-order valence-electron chi connectivity index (χ4n) is 1.68. The monoisotopic (exact) mass is 273 g/mol. The van der Waals surface area contributed by atoms with Crippen LogP contribution in [-0.4, -0.2) is 14.0 Å². The van der Waals surface area contributed by atoms with Crippen LogP contribution < -0.4 is 4.43 Å². The first kappa shape index (κ1) is 13.6. The molecule has 19 heavy (non-hydrogen) atoms. The van der Waals surface area contributed by atoms with Gasteiger partial charge >= 0.3 is 0 Å². The summed E-state index contributed by atoms with van der Waals surface area (Å²) >= 11 is 0. The van der Waals surface area contributed by atoms with E-state index in [0.717, 1.165) is 22.7 Å². The van der Waals surface area contributed by atoms with Crippen molar-refractivity contribution in [2.45, 2.75) is 26.6 Å². The third kappa shape index (κ3) is 3.82. The number of rotatable bonds is 4. The fraction of sp³-hybridized carbons (Fsp3) is 0.267. The lowest BCUT2D eigenvalue weighted by Gasteiger charge is -2.20. The number of nitrogens with zero attached hydrogens (tertiary/aromatic N) is 1. The molecule has 0 aliphatic rings. The van der Waals surface area contributed by atoms with Crippen molar-refractivity contribution < 1.29 is 8.84 Å². The molecule has 0 spiro atoms. The highest BCUT2D eigenvalue weighted by Crippen LogP contribution is 2.29. The van der Waals surface area contributed by atoms with Gasteiger partial charge in [-0.15, -0.1) is 0 Å². The number of hydrogen-bond donors (Lipinski definition) is 0. The maximum atomic E-state index is 6.06. The molecular weight excluding hydrogens is 254 g/mol. The molecule has 0 atom stereocenters. The number of furan rings is 1. The number of benzene rings is 1. The average Bonchev–Trinajstić information content (AvgIpc) is 2.83. The lowest BCUT2D eigenvalue weighted by molar-refractivity contribution is 0.559. The SMILES string of the molecule is CC(=Nc1ccccc1O[Si](C)(C)C)c1ccoc1. The van der Waals surface area contributed by atoms with Crippen molar-refractivity contribution in [3.05, 3.63) is 48.4 Å². The number of para-hydroxylation sites is 2. The molecule has 0 unspecified atom stereocenters. The van der Waals surface area contributed by atoms with Crippen LogP contribution in [0.2, 0.25) is 19.6 Å². The van der Waals surface area contributed by atoms with Crippen molar-refractivity contribution in [2.75, 3.05) is 0 Å². The average molecular weight is 273 g/mol. The zero-order valence-corrected chi connectivity index (χ0v) is 12.8. The molecule has 4 heteroatoms. The van der Waals surface area contributed by atoms with Gasteiger partial charge in [0.25, 0.3) is 0 Å². The van der Waals surface area contributed by atoms with E-state index in [9.17, 15) is 0 Å². The Balaban J connectivity index is 2.33. The summed E-state index contributed by atoms with van der Waals surface area (Å²) in [5.74, 6) is 0.851. The van der Waals surface area contributed by atoms with Gasteiger partial charge in [-0.3, -0.25) is 0 Å². The maximum Gasteiger partial charge on any atom is 0.242 e. The van der Waals surface area contributed by atoms with Crippen molar-refractivity contribution in [2.24, 2.45) is 4.99 Å². The summed E-state index contributed by atoms with van der Waals surface area (Å²) in [6, 6.07) is 9.79. The Hall–Kier alpha value is -1.81. The highest BCUT2D eigenvalue weighted by molar-refractivity contribution is 6.70. The summed E-state index contributed by atoms with van der Waals surface area (Å²) < 4.78 is 11.1. The minimum Gasteiger partial charge on any atom is -0.543 e. The fourth-order valence-corrected chi connectivity index (χ4v) is 2.51. The second-order valence-electron chi connectivity index (χ2n) is 5.39. The van der Waals surface area contributed by atoms with E-state index < -0.39 is 8.32 Å². The van der Waals surface area contributed by atoms with E-state index in [-0.39, 0.29) is 0 Å². The lowest BCUT2D eigenvalue weighted by atomic mass is 10.2. The summed E-state index contributed by atoms with van der Waals surface area (Å²) in [5.41, 5.74) is 2.77. The first-order valence-electron chi connectivity index (χ1n) is 6.31. The van der Waals surface area contributed by atoms with Crippen molar-refractivity contribution in [3.63, 3.8) is 0 Å². The van der Waals surface area contributed by atoms with Gasteiger partial charge in [0.05, 0.1) is 12.5 Å². The highest BCUT2D eigenvalue weighted by atomic mass is 28.4. The van der Waals surface area contributed by atoms with Gasteiger partial charge in [-0.1, -0.05) is 12.1 Å². The van der Waals surface area contributed by atoms with Crippen LogP contribution >= 0.6 is 0 Å². The lowest BCUT2D eigenvalue weighted by Crippen LogP contribution is -2.29. The van der Waals surface area contributed by atoms with E-state index in [1.165, 1.54) is 0 Å². The van der Waals surface area contributed by atoms with Crippen LogP contribution in [0.5, 0.6) is 5.75 Å². The van der Waals surface area contributed by atoms with E-state index in [1.54, 1.807) is 12.5 Å². The Bertz CT molecular complexity index is 568.